The number of anilines is 2. The van der Waals surface area contributed by atoms with Gasteiger partial charge in [0.2, 0.25) is 5.91 Å². The Labute approximate surface area is 177 Å². The lowest BCUT2D eigenvalue weighted by Crippen LogP contribution is -2.50. The van der Waals surface area contributed by atoms with Gasteiger partial charge in [0.05, 0.1) is 23.8 Å². The number of hydrogen-bond acceptors (Lipinski definition) is 6. The number of nitrogens with zero attached hydrogens (tertiary/aromatic N) is 6. The molecule has 1 saturated carbocycles. The van der Waals surface area contributed by atoms with Crippen molar-refractivity contribution in [2.24, 2.45) is 0 Å². The second-order valence-electron chi connectivity index (χ2n) is 8.24. The molecule has 0 N–H and O–H groups in total. The van der Waals surface area contributed by atoms with Crippen molar-refractivity contribution in [2.45, 2.75) is 45.2 Å². The van der Waals surface area contributed by atoms with Crippen LogP contribution in [0.4, 0.5) is 11.5 Å². The minimum Gasteiger partial charge on any atom is -0.367 e. The summed E-state index contributed by atoms with van der Waals surface area (Å²) in [5.74, 6) is 0.728. The molecule has 3 heterocycles. The van der Waals surface area contributed by atoms with E-state index in [0.29, 0.717) is 19.1 Å². The Hall–Kier alpha value is -2.90. The Kier molecular flexibility index (Phi) is 6.01. The second kappa shape index (κ2) is 8.85. The Morgan fingerprint density at radius 2 is 1.90 bits per heavy atom. The first-order valence-electron chi connectivity index (χ1n) is 10.8. The van der Waals surface area contributed by atoms with Crippen LogP contribution in [0.5, 0.6) is 0 Å². The minimum absolute atomic E-state index is 0.0275. The molecule has 2 aromatic heterocycles. The maximum atomic E-state index is 12.9. The number of carbonyl (C=O) groups excluding carboxylic acids is 1. The van der Waals surface area contributed by atoms with E-state index in [1.165, 1.54) is 23.6 Å². The quantitative estimate of drug-likeness (QED) is 0.747. The lowest BCUT2D eigenvalue weighted by molar-refractivity contribution is -0.132. The highest BCUT2D eigenvalue weighted by atomic mass is 16.2. The zero-order valence-corrected chi connectivity index (χ0v) is 17.8. The normalized spacial score (nSPS) is 17.4. The Balaban J connectivity index is 1.39. The summed E-state index contributed by atoms with van der Waals surface area (Å²) in [4.78, 5) is 40.1. The van der Waals surface area contributed by atoms with Crippen molar-refractivity contribution < 1.29 is 4.79 Å². The summed E-state index contributed by atoms with van der Waals surface area (Å²) in [6, 6.07) is 4.47. The molecular formula is C22H30N6O2. The fraction of sp³-hybridized carbons (Fsp3) is 0.545. The van der Waals surface area contributed by atoms with E-state index >= 15 is 0 Å². The third-order valence-corrected chi connectivity index (χ3v) is 6.35. The van der Waals surface area contributed by atoms with Gasteiger partial charge in [-0.2, -0.15) is 0 Å². The van der Waals surface area contributed by atoms with E-state index in [2.05, 4.69) is 25.8 Å². The lowest BCUT2D eigenvalue weighted by Gasteiger charge is -2.36. The monoisotopic (exact) mass is 410 g/mol. The molecule has 1 saturated heterocycles. The summed E-state index contributed by atoms with van der Waals surface area (Å²) in [6.07, 6.45) is 9.62. The number of carbonyl (C=O) groups is 1. The standard InChI is InChI=1S/C22H30N6O2/c1-17-19(8-5-9-23-17)26-10-12-27(13-11-26)22(30)16-28-15-20(24-14-21(28)29)25(2)18-6-3-4-7-18/h5,8-9,14-15,18H,3-4,6-7,10-13,16H2,1-2H3. The largest absolute Gasteiger partial charge is 0.367 e. The average molecular weight is 411 g/mol. The number of aromatic nitrogens is 3. The van der Waals surface area contributed by atoms with Crippen LogP contribution in [0.3, 0.4) is 0 Å². The molecule has 8 heteroatoms. The Morgan fingerprint density at radius 3 is 2.60 bits per heavy atom. The van der Waals surface area contributed by atoms with E-state index in [-0.39, 0.29) is 18.0 Å². The summed E-state index contributed by atoms with van der Waals surface area (Å²) in [7, 11) is 2.02. The highest BCUT2D eigenvalue weighted by molar-refractivity contribution is 5.76. The molecule has 0 atom stereocenters. The summed E-state index contributed by atoms with van der Waals surface area (Å²) < 4.78 is 1.49. The van der Waals surface area contributed by atoms with Crippen LogP contribution in [0, 0.1) is 6.92 Å². The van der Waals surface area contributed by atoms with Gasteiger partial charge in [0.15, 0.2) is 0 Å². The molecule has 30 heavy (non-hydrogen) atoms. The predicted molar refractivity (Wildman–Crippen MR) is 117 cm³/mol. The van der Waals surface area contributed by atoms with Gasteiger partial charge in [-0.1, -0.05) is 12.8 Å². The predicted octanol–water partition coefficient (Wildman–Crippen LogP) is 1.67. The zero-order valence-electron chi connectivity index (χ0n) is 17.8. The number of rotatable bonds is 5. The van der Waals surface area contributed by atoms with Crippen molar-refractivity contribution in [2.75, 3.05) is 43.0 Å². The van der Waals surface area contributed by atoms with Gasteiger partial charge in [0, 0.05) is 45.5 Å². The molecule has 0 bridgehead atoms. The topological polar surface area (TPSA) is 74.6 Å². The number of amides is 1. The van der Waals surface area contributed by atoms with Crippen LogP contribution in [-0.2, 0) is 11.3 Å². The van der Waals surface area contributed by atoms with Gasteiger partial charge >= 0.3 is 0 Å². The first-order chi connectivity index (χ1) is 14.5. The molecule has 0 aromatic carbocycles. The van der Waals surface area contributed by atoms with E-state index in [0.717, 1.165) is 43.1 Å². The maximum Gasteiger partial charge on any atom is 0.269 e. The highest BCUT2D eigenvalue weighted by Crippen LogP contribution is 2.25. The molecule has 0 unspecified atom stereocenters. The SMILES string of the molecule is Cc1ncccc1N1CCN(C(=O)Cn2cc(N(C)C3CCCC3)ncc2=O)CC1. The molecule has 1 amide bonds. The van der Waals surface area contributed by atoms with Crippen molar-refractivity contribution >= 4 is 17.4 Å². The fourth-order valence-electron chi connectivity index (χ4n) is 4.47. The Bertz CT molecular complexity index is 945. The number of piperazine rings is 1. The molecule has 1 aliphatic carbocycles. The van der Waals surface area contributed by atoms with E-state index in [1.807, 2.05) is 24.9 Å². The molecule has 8 nitrogen and oxygen atoms in total. The molecule has 2 aromatic rings. The van der Waals surface area contributed by atoms with E-state index in [1.54, 1.807) is 12.4 Å². The van der Waals surface area contributed by atoms with Crippen molar-refractivity contribution in [1.29, 1.82) is 0 Å². The third kappa shape index (κ3) is 4.32. The minimum atomic E-state index is -0.239. The smallest absolute Gasteiger partial charge is 0.269 e. The van der Waals surface area contributed by atoms with E-state index in [9.17, 15) is 9.59 Å². The molecule has 2 fully saturated rings. The van der Waals surface area contributed by atoms with Gasteiger partial charge in [-0.3, -0.25) is 14.6 Å². The first kappa shape index (κ1) is 20.4. The molecule has 1 aliphatic heterocycles. The van der Waals surface area contributed by atoms with Crippen molar-refractivity contribution in [1.82, 2.24) is 19.4 Å². The lowest BCUT2D eigenvalue weighted by atomic mass is 10.2. The van der Waals surface area contributed by atoms with Crippen LogP contribution in [0.2, 0.25) is 0 Å². The number of pyridine rings is 1. The summed E-state index contributed by atoms with van der Waals surface area (Å²) in [5.41, 5.74) is 1.88. The number of aryl methyl sites for hydroxylation is 1. The molecule has 0 spiro atoms. The van der Waals surface area contributed by atoms with Crippen molar-refractivity contribution in [3.8, 4) is 0 Å². The van der Waals surface area contributed by atoms with Gasteiger partial charge in [-0.15, -0.1) is 0 Å². The third-order valence-electron chi connectivity index (χ3n) is 6.35. The highest BCUT2D eigenvalue weighted by Gasteiger charge is 2.24. The van der Waals surface area contributed by atoms with E-state index in [4.69, 9.17) is 0 Å². The van der Waals surface area contributed by atoms with Crippen LogP contribution in [0.1, 0.15) is 31.4 Å². The maximum absolute atomic E-state index is 12.9. The van der Waals surface area contributed by atoms with Crippen molar-refractivity contribution in [3.63, 3.8) is 0 Å². The summed E-state index contributed by atoms with van der Waals surface area (Å²) in [5, 5.41) is 0. The number of hydrogen-bond donors (Lipinski definition) is 0. The fourth-order valence-corrected chi connectivity index (χ4v) is 4.47. The van der Waals surface area contributed by atoms with Gasteiger partial charge < -0.3 is 19.3 Å². The van der Waals surface area contributed by atoms with Crippen molar-refractivity contribution in [3.05, 3.63) is 46.8 Å². The van der Waals surface area contributed by atoms with Crippen LogP contribution < -0.4 is 15.4 Å². The van der Waals surface area contributed by atoms with Crippen LogP contribution >= 0.6 is 0 Å². The first-order valence-corrected chi connectivity index (χ1v) is 10.8. The molecule has 160 valence electrons. The molecule has 2 aliphatic rings. The molecule has 4 rings (SSSR count). The summed E-state index contributed by atoms with van der Waals surface area (Å²) >= 11 is 0. The summed E-state index contributed by atoms with van der Waals surface area (Å²) in [6.45, 7) is 4.86. The van der Waals surface area contributed by atoms with Gasteiger partial charge in [0.25, 0.3) is 5.56 Å². The van der Waals surface area contributed by atoms with Crippen LogP contribution in [0.25, 0.3) is 0 Å². The zero-order chi connectivity index (χ0) is 21.1. The van der Waals surface area contributed by atoms with Crippen LogP contribution in [-0.4, -0.2) is 64.6 Å². The Morgan fingerprint density at radius 1 is 1.17 bits per heavy atom. The van der Waals surface area contributed by atoms with Gasteiger partial charge in [-0.25, -0.2) is 4.98 Å². The van der Waals surface area contributed by atoms with Gasteiger partial charge in [0.1, 0.15) is 12.4 Å². The second-order valence-corrected chi connectivity index (χ2v) is 8.24. The van der Waals surface area contributed by atoms with E-state index < -0.39 is 0 Å². The van der Waals surface area contributed by atoms with Crippen LogP contribution in [0.15, 0.2) is 35.5 Å². The molecular weight excluding hydrogens is 380 g/mol. The average Bonchev–Trinajstić information content (AvgIpc) is 3.30. The molecule has 0 radical (unpaired) electrons. The van der Waals surface area contributed by atoms with Gasteiger partial charge in [-0.05, 0) is 31.9 Å².